The molecule has 100 valence electrons. The number of nitrogens with one attached hydrogen (secondary N) is 2. The summed E-state index contributed by atoms with van der Waals surface area (Å²) >= 11 is 0. The van der Waals surface area contributed by atoms with Gasteiger partial charge in [-0.05, 0) is 49.6 Å². The van der Waals surface area contributed by atoms with Crippen molar-refractivity contribution in [1.82, 2.24) is 15.5 Å². The van der Waals surface area contributed by atoms with Gasteiger partial charge < -0.3 is 10.1 Å². The molecule has 2 aromatic rings. The predicted octanol–water partition coefficient (Wildman–Crippen LogP) is 2.58. The molecule has 4 heteroatoms. The third-order valence-electron chi connectivity index (χ3n) is 3.54. The zero-order valence-electron chi connectivity index (χ0n) is 11.1. The molecule has 0 unspecified atom stereocenters. The molecular weight excluding hydrogens is 238 g/mol. The van der Waals surface area contributed by atoms with E-state index in [1.807, 2.05) is 18.3 Å². The Labute approximate surface area is 113 Å². The van der Waals surface area contributed by atoms with Crippen LogP contribution in [0.15, 0.2) is 30.5 Å². The number of H-pyrrole nitrogens is 1. The van der Waals surface area contributed by atoms with Crippen molar-refractivity contribution in [2.75, 3.05) is 13.7 Å². The Morgan fingerprint density at radius 3 is 2.79 bits per heavy atom. The van der Waals surface area contributed by atoms with Gasteiger partial charge in [-0.1, -0.05) is 0 Å². The van der Waals surface area contributed by atoms with Gasteiger partial charge in [0.05, 0.1) is 19.0 Å². The van der Waals surface area contributed by atoms with Gasteiger partial charge >= 0.3 is 0 Å². The van der Waals surface area contributed by atoms with E-state index in [1.54, 1.807) is 7.11 Å². The van der Waals surface area contributed by atoms with Crippen molar-refractivity contribution in [3.05, 3.63) is 36.0 Å². The van der Waals surface area contributed by atoms with Crippen LogP contribution in [-0.4, -0.2) is 23.9 Å². The van der Waals surface area contributed by atoms with Crippen LogP contribution >= 0.6 is 0 Å². The van der Waals surface area contributed by atoms with Gasteiger partial charge in [0.2, 0.25) is 0 Å². The molecule has 0 aliphatic heterocycles. The molecule has 4 nitrogen and oxygen atoms in total. The molecule has 3 rings (SSSR count). The van der Waals surface area contributed by atoms with Gasteiger partial charge in [-0.25, -0.2) is 0 Å². The van der Waals surface area contributed by atoms with E-state index in [9.17, 15) is 0 Å². The largest absolute Gasteiger partial charge is 0.497 e. The molecule has 0 spiro atoms. The van der Waals surface area contributed by atoms with Crippen LogP contribution in [0.2, 0.25) is 0 Å². The van der Waals surface area contributed by atoms with E-state index in [1.165, 1.54) is 18.4 Å². The van der Waals surface area contributed by atoms with Crippen molar-refractivity contribution in [1.29, 1.82) is 0 Å². The third-order valence-corrected chi connectivity index (χ3v) is 3.54. The van der Waals surface area contributed by atoms with Gasteiger partial charge in [-0.15, -0.1) is 0 Å². The standard InChI is InChI=1S/C15H19N3O/c1-19-14-6-4-12(5-7-14)15-13(10-17-18-15)9-16-8-11-2-3-11/h4-7,10-11,16H,2-3,8-9H2,1H3,(H,17,18). The number of hydrogen-bond acceptors (Lipinski definition) is 3. The van der Waals surface area contributed by atoms with E-state index >= 15 is 0 Å². The number of hydrogen-bond donors (Lipinski definition) is 2. The summed E-state index contributed by atoms with van der Waals surface area (Å²) in [6.45, 7) is 1.99. The van der Waals surface area contributed by atoms with Crippen molar-refractivity contribution in [2.24, 2.45) is 5.92 Å². The van der Waals surface area contributed by atoms with E-state index in [0.29, 0.717) is 0 Å². The highest BCUT2D eigenvalue weighted by molar-refractivity contribution is 5.63. The second-order valence-electron chi connectivity index (χ2n) is 5.07. The smallest absolute Gasteiger partial charge is 0.118 e. The zero-order chi connectivity index (χ0) is 13.1. The number of methoxy groups -OCH3 is 1. The molecule has 19 heavy (non-hydrogen) atoms. The highest BCUT2D eigenvalue weighted by Crippen LogP contribution is 2.28. The molecular formula is C15H19N3O. The minimum Gasteiger partial charge on any atom is -0.497 e. The Kier molecular flexibility index (Phi) is 3.51. The second-order valence-corrected chi connectivity index (χ2v) is 5.07. The number of ether oxygens (including phenoxy) is 1. The zero-order valence-corrected chi connectivity index (χ0v) is 11.1. The number of rotatable bonds is 6. The Balaban J connectivity index is 1.70. The third kappa shape index (κ3) is 2.96. The predicted molar refractivity (Wildman–Crippen MR) is 75.0 cm³/mol. The van der Waals surface area contributed by atoms with E-state index in [4.69, 9.17) is 4.74 Å². The Bertz CT molecular complexity index is 529. The minimum atomic E-state index is 0.869. The molecule has 0 radical (unpaired) electrons. The van der Waals surface area contributed by atoms with Crippen LogP contribution in [-0.2, 0) is 6.54 Å². The topological polar surface area (TPSA) is 49.9 Å². The van der Waals surface area contributed by atoms with Crippen molar-refractivity contribution >= 4 is 0 Å². The molecule has 0 saturated heterocycles. The van der Waals surface area contributed by atoms with Crippen molar-refractivity contribution in [2.45, 2.75) is 19.4 Å². The first-order valence-corrected chi connectivity index (χ1v) is 6.74. The fourth-order valence-electron chi connectivity index (χ4n) is 2.19. The Morgan fingerprint density at radius 1 is 1.32 bits per heavy atom. The van der Waals surface area contributed by atoms with Crippen LogP contribution in [0.5, 0.6) is 5.75 Å². The highest BCUT2D eigenvalue weighted by atomic mass is 16.5. The van der Waals surface area contributed by atoms with Gasteiger partial charge in [0.25, 0.3) is 0 Å². The SMILES string of the molecule is COc1ccc(-c2[nH]ncc2CNCC2CC2)cc1. The van der Waals surface area contributed by atoms with Crippen molar-refractivity contribution in [3.63, 3.8) is 0 Å². The molecule has 0 amide bonds. The summed E-state index contributed by atoms with van der Waals surface area (Å²) in [4.78, 5) is 0. The Hall–Kier alpha value is -1.81. The summed E-state index contributed by atoms with van der Waals surface area (Å²) in [5, 5.41) is 10.7. The summed E-state index contributed by atoms with van der Waals surface area (Å²) < 4.78 is 5.18. The first-order chi connectivity index (χ1) is 9.36. The normalized spacial score (nSPS) is 14.6. The Morgan fingerprint density at radius 2 is 2.11 bits per heavy atom. The first kappa shape index (κ1) is 12.2. The lowest BCUT2D eigenvalue weighted by molar-refractivity contribution is 0.415. The minimum absolute atomic E-state index is 0.869. The average molecular weight is 257 g/mol. The molecule has 1 aromatic carbocycles. The summed E-state index contributed by atoms with van der Waals surface area (Å²) in [5.41, 5.74) is 3.44. The quantitative estimate of drug-likeness (QED) is 0.836. The van der Waals surface area contributed by atoms with Crippen LogP contribution in [0, 0.1) is 5.92 Å². The number of aromatic amines is 1. The van der Waals surface area contributed by atoms with Crippen LogP contribution in [0.3, 0.4) is 0 Å². The average Bonchev–Trinajstić information content (AvgIpc) is 3.16. The molecule has 0 atom stereocenters. The van der Waals surface area contributed by atoms with Gasteiger partial charge in [-0.3, -0.25) is 5.10 Å². The maximum atomic E-state index is 5.18. The maximum Gasteiger partial charge on any atom is 0.118 e. The molecule has 1 saturated carbocycles. The van der Waals surface area contributed by atoms with Gasteiger partial charge in [-0.2, -0.15) is 5.10 Å². The molecule has 1 heterocycles. The summed E-state index contributed by atoms with van der Waals surface area (Å²) in [7, 11) is 1.68. The lowest BCUT2D eigenvalue weighted by Crippen LogP contribution is -2.16. The van der Waals surface area contributed by atoms with Gasteiger partial charge in [0.1, 0.15) is 5.75 Å². The summed E-state index contributed by atoms with van der Waals surface area (Å²) in [6, 6.07) is 8.04. The lowest BCUT2D eigenvalue weighted by atomic mass is 10.1. The molecule has 2 N–H and O–H groups in total. The highest BCUT2D eigenvalue weighted by Gasteiger charge is 2.20. The monoisotopic (exact) mass is 257 g/mol. The van der Waals surface area contributed by atoms with E-state index in [0.717, 1.165) is 36.0 Å². The van der Waals surface area contributed by atoms with E-state index in [-0.39, 0.29) is 0 Å². The number of nitrogens with zero attached hydrogens (tertiary/aromatic N) is 1. The molecule has 1 aliphatic carbocycles. The van der Waals surface area contributed by atoms with Crippen molar-refractivity contribution in [3.8, 4) is 17.0 Å². The van der Waals surface area contributed by atoms with E-state index < -0.39 is 0 Å². The fourth-order valence-corrected chi connectivity index (χ4v) is 2.19. The fraction of sp³-hybridized carbons (Fsp3) is 0.400. The van der Waals surface area contributed by atoms with Gasteiger partial charge in [0, 0.05) is 17.7 Å². The number of benzene rings is 1. The lowest BCUT2D eigenvalue weighted by Gasteiger charge is -2.06. The van der Waals surface area contributed by atoms with Crippen molar-refractivity contribution < 1.29 is 4.74 Å². The number of aromatic nitrogens is 2. The molecule has 1 aromatic heterocycles. The first-order valence-electron chi connectivity index (χ1n) is 6.74. The molecule has 0 bridgehead atoms. The van der Waals surface area contributed by atoms with Crippen LogP contribution in [0.25, 0.3) is 11.3 Å². The molecule has 1 fully saturated rings. The summed E-state index contributed by atoms with van der Waals surface area (Å²) in [5.74, 6) is 1.77. The maximum absolute atomic E-state index is 5.18. The van der Waals surface area contributed by atoms with Gasteiger partial charge in [0.15, 0.2) is 0 Å². The van der Waals surface area contributed by atoms with E-state index in [2.05, 4.69) is 27.6 Å². The summed E-state index contributed by atoms with van der Waals surface area (Å²) in [6.07, 6.45) is 4.66. The second kappa shape index (κ2) is 5.45. The molecule has 1 aliphatic rings. The van der Waals surface area contributed by atoms with Crippen LogP contribution < -0.4 is 10.1 Å². The van der Waals surface area contributed by atoms with Crippen LogP contribution in [0.1, 0.15) is 18.4 Å². The van der Waals surface area contributed by atoms with Crippen LogP contribution in [0.4, 0.5) is 0 Å².